The van der Waals surface area contributed by atoms with Gasteiger partial charge in [-0.3, -0.25) is 4.79 Å². The molecule has 7 heteroatoms. The maximum absolute atomic E-state index is 11.9. The predicted molar refractivity (Wildman–Crippen MR) is 67.7 cm³/mol. The molecule has 98 valence electrons. The second-order valence-corrected chi connectivity index (χ2v) is 5.09. The van der Waals surface area contributed by atoms with Gasteiger partial charge >= 0.3 is 0 Å². The molecule has 1 saturated carbocycles. The van der Waals surface area contributed by atoms with Gasteiger partial charge in [0.05, 0.1) is 11.7 Å². The Hall–Kier alpha value is -0.910. The Bertz CT molecular complexity index is 456. The van der Waals surface area contributed by atoms with E-state index in [1.807, 2.05) is 0 Å². The van der Waals surface area contributed by atoms with E-state index in [-0.39, 0.29) is 33.8 Å². The van der Waals surface area contributed by atoms with Gasteiger partial charge < -0.3 is 10.4 Å². The summed E-state index contributed by atoms with van der Waals surface area (Å²) in [6.07, 6.45) is 2.37. The lowest BCUT2D eigenvalue weighted by atomic mass is 10.1. The summed E-state index contributed by atoms with van der Waals surface area (Å²) in [5.41, 5.74) is 0.198. The number of halogens is 2. The smallest absolute Gasteiger partial charge is 0.254 e. The summed E-state index contributed by atoms with van der Waals surface area (Å²) in [5, 5.41) is 19.6. The second kappa shape index (κ2) is 5.82. The van der Waals surface area contributed by atoms with Gasteiger partial charge in [-0.15, -0.1) is 10.2 Å². The number of aliphatic hydroxyl groups excluding tert-OH is 1. The van der Waals surface area contributed by atoms with E-state index in [1.54, 1.807) is 0 Å². The van der Waals surface area contributed by atoms with Crippen LogP contribution in [0.5, 0.6) is 0 Å². The zero-order valence-corrected chi connectivity index (χ0v) is 11.1. The lowest BCUT2D eigenvalue weighted by molar-refractivity contribution is 0.0916. The van der Waals surface area contributed by atoms with Crippen molar-refractivity contribution >= 4 is 29.1 Å². The Morgan fingerprint density at radius 2 is 2.22 bits per heavy atom. The molecule has 2 N–H and O–H groups in total. The van der Waals surface area contributed by atoms with E-state index in [4.69, 9.17) is 23.2 Å². The van der Waals surface area contributed by atoms with E-state index in [9.17, 15) is 9.90 Å². The Morgan fingerprint density at radius 1 is 1.44 bits per heavy atom. The van der Waals surface area contributed by atoms with Gasteiger partial charge in [-0.2, -0.15) is 0 Å². The number of aromatic nitrogens is 2. The lowest BCUT2D eigenvalue weighted by Gasteiger charge is -2.15. The minimum Gasteiger partial charge on any atom is -0.393 e. The van der Waals surface area contributed by atoms with E-state index in [1.165, 1.54) is 6.07 Å². The summed E-state index contributed by atoms with van der Waals surface area (Å²) in [5.74, 6) is -0.242. The zero-order valence-electron chi connectivity index (χ0n) is 9.57. The number of aliphatic hydroxyl groups is 1. The molecule has 0 bridgehead atoms. The second-order valence-electron chi connectivity index (χ2n) is 4.34. The first-order valence-electron chi connectivity index (χ1n) is 5.73. The van der Waals surface area contributed by atoms with Crippen LogP contribution in [0.1, 0.15) is 29.6 Å². The molecule has 0 saturated heterocycles. The molecule has 0 radical (unpaired) electrons. The number of nitrogens with zero attached hydrogens (tertiary/aromatic N) is 2. The SMILES string of the molecule is O=C(NCC1CCCC1O)c1cc(Cl)nnc1Cl. The molecule has 0 aliphatic heterocycles. The van der Waals surface area contributed by atoms with Crippen LogP contribution in [0, 0.1) is 5.92 Å². The molecular formula is C11H13Cl2N3O2. The van der Waals surface area contributed by atoms with Gasteiger partial charge in [0.1, 0.15) is 0 Å². The number of amides is 1. The third-order valence-electron chi connectivity index (χ3n) is 3.11. The predicted octanol–water partition coefficient (Wildman–Crippen LogP) is 1.67. The monoisotopic (exact) mass is 289 g/mol. The lowest BCUT2D eigenvalue weighted by Crippen LogP contribution is -2.32. The molecule has 2 atom stereocenters. The van der Waals surface area contributed by atoms with Crippen LogP contribution in [0.25, 0.3) is 0 Å². The van der Waals surface area contributed by atoms with Crippen LogP contribution in [-0.4, -0.2) is 33.9 Å². The molecule has 18 heavy (non-hydrogen) atoms. The van der Waals surface area contributed by atoms with Gasteiger partial charge in [-0.1, -0.05) is 29.6 Å². The summed E-state index contributed by atoms with van der Waals surface area (Å²) in [6, 6.07) is 1.37. The normalized spacial score (nSPS) is 23.1. The maximum Gasteiger partial charge on any atom is 0.254 e. The molecular weight excluding hydrogens is 277 g/mol. The molecule has 0 aromatic carbocycles. The molecule has 1 aromatic heterocycles. The Labute approximate surface area is 115 Å². The first-order valence-corrected chi connectivity index (χ1v) is 6.48. The number of carbonyl (C=O) groups is 1. The van der Waals surface area contributed by atoms with Crippen molar-refractivity contribution in [1.29, 1.82) is 0 Å². The summed E-state index contributed by atoms with van der Waals surface area (Å²) < 4.78 is 0. The zero-order chi connectivity index (χ0) is 13.1. The number of rotatable bonds is 3. The van der Waals surface area contributed by atoms with Crippen molar-refractivity contribution in [3.05, 3.63) is 21.9 Å². The van der Waals surface area contributed by atoms with Gasteiger partial charge in [-0.05, 0) is 18.9 Å². The molecule has 2 unspecified atom stereocenters. The third kappa shape index (κ3) is 3.10. The van der Waals surface area contributed by atoms with E-state index in [0.29, 0.717) is 6.54 Å². The Morgan fingerprint density at radius 3 is 2.89 bits per heavy atom. The largest absolute Gasteiger partial charge is 0.393 e. The van der Waals surface area contributed by atoms with Crippen molar-refractivity contribution < 1.29 is 9.90 Å². The van der Waals surface area contributed by atoms with Gasteiger partial charge in [0.25, 0.3) is 5.91 Å². The van der Waals surface area contributed by atoms with Crippen LogP contribution in [-0.2, 0) is 0 Å². The van der Waals surface area contributed by atoms with Crippen molar-refractivity contribution in [2.24, 2.45) is 5.92 Å². The first kappa shape index (κ1) is 13.5. The number of hydrogen-bond acceptors (Lipinski definition) is 4. The van der Waals surface area contributed by atoms with Crippen LogP contribution in [0.15, 0.2) is 6.07 Å². The van der Waals surface area contributed by atoms with E-state index >= 15 is 0 Å². The van der Waals surface area contributed by atoms with Crippen LogP contribution < -0.4 is 5.32 Å². The summed E-state index contributed by atoms with van der Waals surface area (Å²) in [6.45, 7) is 0.427. The standard InChI is InChI=1S/C11H13Cl2N3O2/c12-9-4-7(10(13)16-15-9)11(18)14-5-6-2-1-3-8(6)17/h4,6,8,17H,1-3,5H2,(H,14,18). The van der Waals surface area contributed by atoms with Gasteiger partial charge in [-0.25, -0.2) is 0 Å². The summed E-state index contributed by atoms with van der Waals surface area (Å²) in [7, 11) is 0. The van der Waals surface area contributed by atoms with Gasteiger partial charge in [0.15, 0.2) is 10.3 Å². The highest BCUT2D eigenvalue weighted by molar-refractivity contribution is 6.34. The van der Waals surface area contributed by atoms with Crippen LogP contribution in [0.4, 0.5) is 0 Å². The van der Waals surface area contributed by atoms with Gasteiger partial charge in [0.2, 0.25) is 0 Å². The molecule has 0 spiro atoms. The van der Waals surface area contributed by atoms with Crippen LogP contribution >= 0.6 is 23.2 Å². The van der Waals surface area contributed by atoms with E-state index < -0.39 is 0 Å². The first-order chi connectivity index (χ1) is 8.58. The highest BCUT2D eigenvalue weighted by Gasteiger charge is 2.25. The average molecular weight is 290 g/mol. The van der Waals surface area contributed by atoms with E-state index in [2.05, 4.69) is 15.5 Å². The minimum atomic E-state index is -0.351. The van der Waals surface area contributed by atoms with Crippen LogP contribution in [0.3, 0.4) is 0 Å². The fourth-order valence-electron chi connectivity index (χ4n) is 2.09. The van der Waals surface area contributed by atoms with Crippen molar-refractivity contribution in [3.8, 4) is 0 Å². The minimum absolute atomic E-state index is 0.0175. The van der Waals surface area contributed by atoms with Crippen molar-refractivity contribution in [3.63, 3.8) is 0 Å². The highest BCUT2D eigenvalue weighted by Crippen LogP contribution is 2.25. The van der Waals surface area contributed by atoms with E-state index in [0.717, 1.165) is 19.3 Å². The van der Waals surface area contributed by atoms with Crippen molar-refractivity contribution in [2.45, 2.75) is 25.4 Å². The summed E-state index contributed by atoms with van der Waals surface area (Å²) >= 11 is 11.4. The Kier molecular flexibility index (Phi) is 4.37. The topological polar surface area (TPSA) is 75.1 Å². The Balaban J connectivity index is 1.97. The fraction of sp³-hybridized carbons (Fsp3) is 0.545. The number of hydrogen-bond donors (Lipinski definition) is 2. The maximum atomic E-state index is 11.9. The average Bonchev–Trinajstić information content (AvgIpc) is 2.75. The molecule has 1 aliphatic carbocycles. The molecule has 1 heterocycles. The van der Waals surface area contributed by atoms with Crippen molar-refractivity contribution in [2.75, 3.05) is 6.54 Å². The van der Waals surface area contributed by atoms with Gasteiger partial charge in [0, 0.05) is 12.5 Å². The molecule has 1 amide bonds. The molecule has 2 rings (SSSR count). The molecule has 1 aliphatic rings. The fourth-order valence-corrected chi connectivity index (χ4v) is 2.41. The van der Waals surface area contributed by atoms with Crippen molar-refractivity contribution in [1.82, 2.24) is 15.5 Å². The highest BCUT2D eigenvalue weighted by atomic mass is 35.5. The molecule has 1 aromatic rings. The summed E-state index contributed by atoms with van der Waals surface area (Å²) in [4.78, 5) is 11.9. The number of nitrogens with one attached hydrogen (secondary N) is 1. The molecule has 5 nitrogen and oxygen atoms in total. The quantitative estimate of drug-likeness (QED) is 0.888. The van der Waals surface area contributed by atoms with Crippen LogP contribution in [0.2, 0.25) is 10.3 Å². The third-order valence-corrected chi connectivity index (χ3v) is 3.57. The molecule has 1 fully saturated rings. The number of carbonyl (C=O) groups excluding carboxylic acids is 1.